The Hall–Kier alpha value is -3.32. The van der Waals surface area contributed by atoms with Gasteiger partial charge in [0.15, 0.2) is 0 Å². The lowest BCUT2D eigenvalue weighted by Crippen LogP contribution is -2.20. The van der Waals surface area contributed by atoms with Crippen LogP contribution in [0.15, 0.2) is 24.5 Å². The molecule has 0 saturated carbocycles. The smallest absolute Gasteiger partial charge is 0.256 e. The van der Waals surface area contributed by atoms with E-state index in [1.807, 2.05) is 19.9 Å². The monoisotopic (exact) mass is 407 g/mol. The molecular formula is C21H18ClN5O2. The number of pyridine rings is 1. The lowest BCUT2D eigenvalue weighted by atomic mass is 9.96. The van der Waals surface area contributed by atoms with E-state index in [1.54, 1.807) is 24.5 Å². The summed E-state index contributed by atoms with van der Waals surface area (Å²) < 4.78 is 5.62. The Morgan fingerprint density at radius 3 is 2.79 bits per heavy atom. The summed E-state index contributed by atoms with van der Waals surface area (Å²) in [6, 6.07) is 3.72. The van der Waals surface area contributed by atoms with E-state index in [4.69, 9.17) is 16.3 Å². The zero-order chi connectivity index (χ0) is 20.1. The molecule has 0 atom stereocenters. The number of anilines is 2. The third-order valence-electron chi connectivity index (χ3n) is 5.15. The SMILES string of the molecule is Cc1ncc(C=C2C(=O)Nc3cc(Cl)c(-c4cnc5c(c4C)NCCO5)cc32)[nH]1. The third kappa shape index (κ3) is 2.94. The maximum atomic E-state index is 12.6. The molecule has 0 fully saturated rings. The van der Waals surface area contributed by atoms with Crippen molar-refractivity contribution >= 4 is 40.5 Å². The summed E-state index contributed by atoms with van der Waals surface area (Å²) >= 11 is 6.59. The number of nitrogens with one attached hydrogen (secondary N) is 3. The van der Waals surface area contributed by atoms with Crippen molar-refractivity contribution in [1.29, 1.82) is 0 Å². The number of halogens is 1. The normalized spacial score (nSPS) is 16.1. The van der Waals surface area contributed by atoms with Crippen molar-refractivity contribution in [2.24, 2.45) is 0 Å². The number of carbonyl (C=O) groups is 1. The number of rotatable bonds is 2. The van der Waals surface area contributed by atoms with Gasteiger partial charge in [0, 0.05) is 29.4 Å². The molecule has 1 amide bonds. The van der Waals surface area contributed by atoms with Gasteiger partial charge in [0.25, 0.3) is 5.91 Å². The quantitative estimate of drug-likeness (QED) is 0.557. The topological polar surface area (TPSA) is 91.9 Å². The summed E-state index contributed by atoms with van der Waals surface area (Å²) in [6.45, 7) is 5.19. The lowest BCUT2D eigenvalue weighted by molar-refractivity contribution is -0.110. The molecule has 1 aromatic carbocycles. The first-order chi connectivity index (χ1) is 14.0. The van der Waals surface area contributed by atoms with Crippen LogP contribution in [0.2, 0.25) is 5.02 Å². The molecule has 5 rings (SSSR count). The van der Waals surface area contributed by atoms with Crippen molar-refractivity contribution in [2.45, 2.75) is 13.8 Å². The van der Waals surface area contributed by atoms with Gasteiger partial charge in [-0.15, -0.1) is 0 Å². The molecule has 146 valence electrons. The van der Waals surface area contributed by atoms with Crippen LogP contribution < -0.4 is 15.4 Å². The highest BCUT2D eigenvalue weighted by Crippen LogP contribution is 2.43. The Kier molecular flexibility index (Phi) is 4.06. The van der Waals surface area contributed by atoms with Crippen LogP contribution in [0, 0.1) is 13.8 Å². The minimum absolute atomic E-state index is 0.171. The molecule has 2 aliphatic rings. The van der Waals surface area contributed by atoms with E-state index in [2.05, 4.69) is 25.6 Å². The molecule has 3 N–H and O–H groups in total. The second kappa shape index (κ2) is 6.63. The first-order valence-electron chi connectivity index (χ1n) is 9.26. The molecule has 2 aromatic heterocycles. The molecule has 0 spiro atoms. The van der Waals surface area contributed by atoms with Crippen molar-refractivity contribution in [3.05, 3.63) is 52.2 Å². The van der Waals surface area contributed by atoms with Gasteiger partial charge >= 0.3 is 0 Å². The first kappa shape index (κ1) is 17.8. The number of imidazole rings is 1. The number of aromatic nitrogens is 3. The summed E-state index contributed by atoms with van der Waals surface area (Å²) in [6.07, 6.45) is 5.26. The maximum absolute atomic E-state index is 12.6. The van der Waals surface area contributed by atoms with E-state index in [-0.39, 0.29) is 5.91 Å². The van der Waals surface area contributed by atoms with Crippen LogP contribution in [0.25, 0.3) is 22.8 Å². The number of hydrogen-bond donors (Lipinski definition) is 3. The predicted molar refractivity (Wildman–Crippen MR) is 113 cm³/mol. The Morgan fingerprint density at radius 1 is 1.14 bits per heavy atom. The van der Waals surface area contributed by atoms with Gasteiger partial charge in [-0.3, -0.25) is 4.79 Å². The van der Waals surface area contributed by atoms with Gasteiger partial charge in [-0.25, -0.2) is 9.97 Å². The maximum Gasteiger partial charge on any atom is 0.256 e. The average molecular weight is 408 g/mol. The van der Waals surface area contributed by atoms with Crippen molar-refractivity contribution in [2.75, 3.05) is 23.8 Å². The van der Waals surface area contributed by atoms with Gasteiger partial charge in [-0.2, -0.15) is 0 Å². The van der Waals surface area contributed by atoms with Crippen LogP contribution in [-0.4, -0.2) is 34.0 Å². The number of aryl methyl sites for hydroxylation is 1. The van der Waals surface area contributed by atoms with Gasteiger partial charge in [0.1, 0.15) is 18.1 Å². The van der Waals surface area contributed by atoms with Crippen LogP contribution in [0.4, 0.5) is 11.4 Å². The summed E-state index contributed by atoms with van der Waals surface area (Å²) in [5, 5.41) is 6.77. The van der Waals surface area contributed by atoms with Crippen LogP contribution >= 0.6 is 11.6 Å². The minimum atomic E-state index is -0.171. The number of amides is 1. The fourth-order valence-electron chi connectivity index (χ4n) is 3.72. The number of ether oxygens (including phenoxy) is 1. The molecule has 29 heavy (non-hydrogen) atoms. The van der Waals surface area contributed by atoms with E-state index in [0.717, 1.165) is 46.0 Å². The van der Waals surface area contributed by atoms with Crippen molar-refractivity contribution in [3.8, 4) is 17.0 Å². The predicted octanol–water partition coefficient (Wildman–Crippen LogP) is 4.04. The third-order valence-corrected chi connectivity index (χ3v) is 5.46. The second-order valence-corrected chi connectivity index (χ2v) is 7.47. The molecule has 0 aliphatic carbocycles. The molecular weight excluding hydrogens is 390 g/mol. The van der Waals surface area contributed by atoms with Gasteiger partial charge < -0.3 is 20.4 Å². The van der Waals surface area contributed by atoms with Gasteiger partial charge in [0.2, 0.25) is 5.88 Å². The Labute approximate surface area is 172 Å². The van der Waals surface area contributed by atoms with Crippen molar-refractivity contribution in [1.82, 2.24) is 15.0 Å². The van der Waals surface area contributed by atoms with Gasteiger partial charge in [0.05, 0.1) is 28.2 Å². The molecule has 3 aromatic rings. The fourth-order valence-corrected chi connectivity index (χ4v) is 3.99. The highest BCUT2D eigenvalue weighted by atomic mass is 35.5. The van der Waals surface area contributed by atoms with Crippen molar-refractivity contribution < 1.29 is 9.53 Å². The number of H-pyrrole nitrogens is 1. The minimum Gasteiger partial charge on any atom is -0.474 e. The van der Waals surface area contributed by atoms with E-state index >= 15 is 0 Å². The summed E-state index contributed by atoms with van der Waals surface area (Å²) in [5.41, 5.74) is 6.40. The number of benzene rings is 1. The lowest BCUT2D eigenvalue weighted by Gasteiger charge is -2.22. The molecule has 0 bridgehead atoms. The number of aromatic amines is 1. The molecule has 0 radical (unpaired) electrons. The van der Waals surface area contributed by atoms with Crippen LogP contribution in [-0.2, 0) is 4.79 Å². The zero-order valence-electron chi connectivity index (χ0n) is 15.9. The number of carbonyl (C=O) groups excluding carboxylic acids is 1. The van der Waals surface area contributed by atoms with Crippen LogP contribution in [0.3, 0.4) is 0 Å². The van der Waals surface area contributed by atoms with Gasteiger partial charge in [-0.1, -0.05) is 11.6 Å². The molecule has 0 unspecified atom stereocenters. The standard InChI is InChI=1S/C21H18ClN5O2/c1-10-16(9-25-21-19(10)23-3-4-29-21)13-6-14-15(5-12-8-24-11(2)26-12)20(28)27-18(14)7-17(13)22/h5-9,23H,3-4H2,1-2H3,(H,24,26)(H,27,28). The molecule has 2 aliphatic heterocycles. The fraction of sp³-hybridized carbons (Fsp3) is 0.190. The Bertz CT molecular complexity index is 1200. The summed E-state index contributed by atoms with van der Waals surface area (Å²) in [5.74, 6) is 1.22. The van der Waals surface area contributed by atoms with Crippen LogP contribution in [0.1, 0.15) is 22.6 Å². The number of fused-ring (bicyclic) bond motifs is 2. The summed E-state index contributed by atoms with van der Waals surface area (Å²) in [4.78, 5) is 24.3. The Morgan fingerprint density at radius 2 is 2.00 bits per heavy atom. The average Bonchev–Trinajstić information content (AvgIpc) is 3.25. The highest BCUT2D eigenvalue weighted by Gasteiger charge is 2.27. The van der Waals surface area contributed by atoms with E-state index in [0.29, 0.717) is 28.8 Å². The number of hydrogen-bond acceptors (Lipinski definition) is 5. The molecule has 4 heterocycles. The second-order valence-electron chi connectivity index (χ2n) is 7.07. The largest absolute Gasteiger partial charge is 0.474 e. The molecule has 8 heteroatoms. The van der Waals surface area contributed by atoms with E-state index in [9.17, 15) is 4.79 Å². The molecule has 7 nitrogen and oxygen atoms in total. The van der Waals surface area contributed by atoms with Crippen LogP contribution in [0.5, 0.6) is 5.88 Å². The summed E-state index contributed by atoms with van der Waals surface area (Å²) in [7, 11) is 0. The van der Waals surface area contributed by atoms with Gasteiger partial charge in [-0.05, 0) is 37.6 Å². The van der Waals surface area contributed by atoms with E-state index < -0.39 is 0 Å². The Balaban J connectivity index is 1.65. The first-order valence-corrected chi connectivity index (χ1v) is 9.64. The van der Waals surface area contributed by atoms with Crippen molar-refractivity contribution in [3.63, 3.8) is 0 Å². The number of nitrogens with zero attached hydrogens (tertiary/aromatic N) is 2. The molecule has 0 saturated heterocycles. The highest BCUT2D eigenvalue weighted by molar-refractivity contribution is 6.38. The zero-order valence-corrected chi connectivity index (χ0v) is 16.6. The van der Waals surface area contributed by atoms with E-state index in [1.165, 1.54) is 0 Å².